The van der Waals surface area contributed by atoms with E-state index in [9.17, 15) is 0 Å². The van der Waals surface area contributed by atoms with Crippen molar-refractivity contribution in [3.63, 3.8) is 0 Å². The zero-order valence-electron chi connectivity index (χ0n) is 8.72. The normalized spacial score (nSPS) is 14.0. The fourth-order valence-corrected chi connectivity index (χ4v) is 1.67. The summed E-state index contributed by atoms with van der Waals surface area (Å²) in [6, 6.07) is 0. The van der Waals surface area contributed by atoms with Gasteiger partial charge in [-0.25, -0.2) is 0 Å². The van der Waals surface area contributed by atoms with Gasteiger partial charge in [-0.3, -0.25) is 0 Å². The van der Waals surface area contributed by atoms with Crippen LogP contribution in [-0.4, -0.2) is 0 Å². The van der Waals surface area contributed by atoms with Gasteiger partial charge in [-0.1, -0.05) is 44.9 Å². The summed E-state index contributed by atoms with van der Waals surface area (Å²) in [5, 5.41) is 0. The molecular weight excluding hydrogens is 144 g/mol. The van der Waals surface area contributed by atoms with Crippen LogP contribution in [-0.2, 0) is 0 Å². The lowest BCUT2D eigenvalue weighted by Crippen LogP contribution is -2.09. The summed E-state index contributed by atoms with van der Waals surface area (Å²) in [4.78, 5) is 0. The highest BCUT2D eigenvalue weighted by Gasteiger charge is 2.12. The Labute approximate surface area is 77.4 Å². The average Bonchev–Trinajstić information content (AvgIpc) is 2.12. The average molecular weight is 166 g/mol. The van der Waals surface area contributed by atoms with Crippen molar-refractivity contribution in [3.8, 4) is 0 Å². The molecule has 1 atom stereocenters. The van der Waals surface area contributed by atoms with Crippen LogP contribution in [0.5, 0.6) is 0 Å². The summed E-state index contributed by atoms with van der Waals surface area (Å²) in [6.07, 6.45) is 10.2. The highest BCUT2D eigenvalue weighted by Crippen LogP contribution is 2.23. The zero-order chi connectivity index (χ0) is 9.40. The van der Waals surface area contributed by atoms with Gasteiger partial charge in [-0.15, -0.1) is 6.58 Å². The second-order valence-electron chi connectivity index (χ2n) is 3.28. The highest BCUT2D eigenvalue weighted by molar-refractivity contribution is 4.91. The predicted octanol–water partition coefficient (Wildman–Crippen LogP) is 4.19. The van der Waals surface area contributed by atoms with Gasteiger partial charge in [0.1, 0.15) is 0 Å². The minimum atomic E-state index is 0.677. The molecule has 0 saturated heterocycles. The van der Waals surface area contributed by atoms with Crippen molar-refractivity contribution in [3.05, 3.63) is 24.8 Å². The fraction of sp³-hybridized carbons (Fsp3) is 0.667. The third kappa shape index (κ3) is 3.75. The molecule has 0 radical (unpaired) electrons. The van der Waals surface area contributed by atoms with Gasteiger partial charge in [-0.05, 0) is 25.2 Å². The lowest BCUT2D eigenvalue weighted by Gasteiger charge is -2.20. The Balaban J connectivity index is 4.01. The van der Waals surface area contributed by atoms with E-state index in [1.807, 2.05) is 0 Å². The van der Waals surface area contributed by atoms with E-state index in [0.717, 1.165) is 12.3 Å². The van der Waals surface area contributed by atoms with Crippen LogP contribution < -0.4 is 0 Å². The van der Waals surface area contributed by atoms with Gasteiger partial charge in [0.15, 0.2) is 0 Å². The summed E-state index contributed by atoms with van der Waals surface area (Å²) < 4.78 is 0. The summed E-state index contributed by atoms with van der Waals surface area (Å²) in [5.74, 6) is 1.50. The molecule has 0 saturated carbocycles. The number of hydrogen-bond donors (Lipinski definition) is 0. The SMILES string of the molecule is C=CC(CC=CC)C(CC)CC. The second-order valence-corrected chi connectivity index (χ2v) is 3.28. The Morgan fingerprint density at radius 1 is 1.25 bits per heavy atom. The smallest absolute Gasteiger partial charge is 0.0173 e. The molecular formula is C12H22. The fourth-order valence-electron chi connectivity index (χ4n) is 1.67. The van der Waals surface area contributed by atoms with E-state index in [2.05, 4.69) is 45.6 Å². The van der Waals surface area contributed by atoms with Crippen molar-refractivity contribution in [2.75, 3.05) is 0 Å². The van der Waals surface area contributed by atoms with Crippen LogP contribution in [0.4, 0.5) is 0 Å². The Hall–Kier alpha value is -0.520. The van der Waals surface area contributed by atoms with Gasteiger partial charge in [0, 0.05) is 0 Å². The van der Waals surface area contributed by atoms with Crippen LogP contribution in [0.3, 0.4) is 0 Å². The Morgan fingerprint density at radius 2 is 1.83 bits per heavy atom. The monoisotopic (exact) mass is 166 g/mol. The third-order valence-corrected chi connectivity index (χ3v) is 2.60. The highest BCUT2D eigenvalue weighted by atomic mass is 14.2. The maximum atomic E-state index is 3.90. The first-order valence-electron chi connectivity index (χ1n) is 5.03. The van der Waals surface area contributed by atoms with E-state index in [1.54, 1.807) is 0 Å². The molecule has 0 aliphatic heterocycles. The van der Waals surface area contributed by atoms with E-state index >= 15 is 0 Å². The van der Waals surface area contributed by atoms with Gasteiger partial charge < -0.3 is 0 Å². The molecule has 0 aliphatic rings. The molecule has 0 aromatic carbocycles. The van der Waals surface area contributed by atoms with Crippen LogP contribution in [0, 0.1) is 11.8 Å². The number of hydrogen-bond acceptors (Lipinski definition) is 0. The van der Waals surface area contributed by atoms with Crippen molar-refractivity contribution in [1.82, 2.24) is 0 Å². The molecule has 0 rings (SSSR count). The molecule has 0 fully saturated rings. The topological polar surface area (TPSA) is 0 Å². The summed E-state index contributed by atoms with van der Waals surface area (Å²) in [7, 11) is 0. The number of rotatable bonds is 6. The first-order valence-corrected chi connectivity index (χ1v) is 5.03. The van der Waals surface area contributed by atoms with Crippen LogP contribution in [0.15, 0.2) is 24.8 Å². The molecule has 0 heteroatoms. The lowest BCUT2D eigenvalue weighted by molar-refractivity contribution is 0.374. The molecule has 70 valence electrons. The van der Waals surface area contributed by atoms with Crippen molar-refractivity contribution < 1.29 is 0 Å². The zero-order valence-corrected chi connectivity index (χ0v) is 8.72. The molecule has 1 unspecified atom stereocenters. The van der Waals surface area contributed by atoms with Crippen LogP contribution in [0.1, 0.15) is 40.0 Å². The largest absolute Gasteiger partial charge is 0.103 e. The van der Waals surface area contributed by atoms with E-state index in [0.29, 0.717) is 5.92 Å². The quantitative estimate of drug-likeness (QED) is 0.519. The molecule has 0 aromatic rings. The first kappa shape index (κ1) is 11.5. The number of allylic oxidation sites excluding steroid dienone is 3. The van der Waals surface area contributed by atoms with Crippen molar-refractivity contribution in [2.24, 2.45) is 11.8 Å². The van der Waals surface area contributed by atoms with E-state index < -0.39 is 0 Å². The molecule has 0 aromatic heterocycles. The van der Waals surface area contributed by atoms with Crippen molar-refractivity contribution >= 4 is 0 Å². The molecule has 0 nitrogen and oxygen atoms in total. The molecule has 0 bridgehead atoms. The van der Waals surface area contributed by atoms with E-state index in [1.165, 1.54) is 12.8 Å². The summed E-state index contributed by atoms with van der Waals surface area (Å²) >= 11 is 0. The maximum Gasteiger partial charge on any atom is -0.0173 e. The Kier molecular flexibility index (Phi) is 6.84. The van der Waals surface area contributed by atoms with Crippen molar-refractivity contribution in [1.29, 1.82) is 0 Å². The van der Waals surface area contributed by atoms with Gasteiger partial charge in [0.2, 0.25) is 0 Å². The van der Waals surface area contributed by atoms with Crippen LogP contribution >= 0.6 is 0 Å². The minimum Gasteiger partial charge on any atom is -0.103 e. The minimum absolute atomic E-state index is 0.677. The third-order valence-electron chi connectivity index (χ3n) is 2.60. The van der Waals surface area contributed by atoms with Gasteiger partial charge in [0.05, 0.1) is 0 Å². The lowest BCUT2D eigenvalue weighted by atomic mass is 9.85. The maximum absolute atomic E-state index is 3.90. The van der Waals surface area contributed by atoms with E-state index in [4.69, 9.17) is 0 Å². The molecule has 0 N–H and O–H groups in total. The van der Waals surface area contributed by atoms with Crippen LogP contribution in [0.2, 0.25) is 0 Å². The van der Waals surface area contributed by atoms with Crippen molar-refractivity contribution in [2.45, 2.75) is 40.0 Å². The van der Waals surface area contributed by atoms with Gasteiger partial charge >= 0.3 is 0 Å². The van der Waals surface area contributed by atoms with Gasteiger partial charge in [-0.2, -0.15) is 0 Å². The van der Waals surface area contributed by atoms with E-state index in [-0.39, 0.29) is 0 Å². The molecule has 12 heavy (non-hydrogen) atoms. The van der Waals surface area contributed by atoms with Gasteiger partial charge in [0.25, 0.3) is 0 Å². The standard InChI is InChI=1S/C12H22/c1-5-9-10-12(8-4)11(6-2)7-3/h5,8-9,11-12H,4,6-7,10H2,1-3H3. The molecule has 0 spiro atoms. The molecule has 0 amide bonds. The predicted molar refractivity (Wildman–Crippen MR) is 57.2 cm³/mol. The Morgan fingerprint density at radius 3 is 2.17 bits per heavy atom. The first-order chi connectivity index (χ1) is 5.79. The second kappa shape index (κ2) is 7.15. The summed E-state index contributed by atoms with van der Waals surface area (Å²) in [6.45, 7) is 10.5. The summed E-state index contributed by atoms with van der Waals surface area (Å²) in [5.41, 5.74) is 0. The Bertz CT molecular complexity index is 129. The molecule has 0 aliphatic carbocycles. The molecule has 0 heterocycles. The van der Waals surface area contributed by atoms with Crippen LogP contribution in [0.25, 0.3) is 0 Å².